The Morgan fingerprint density at radius 1 is 1.26 bits per heavy atom. The summed E-state index contributed by atoms with van der Waals surface area (Å²) >= 11 is 0. The molecule has 35 heavy (non-hydrogen) atoms. The van der Waals surface area contributed by atoms with E-state index < -0.39 is 35.7 Å². The molecule has 9 heteroatoms. The SMILES string of the molecule is CC(=O)O[C@@H](C)/C=C\C(=O)N[C@@H]1CC[C@H](C/C=C(C)/C=C/[C@H]2O[C@](C)(O)C[C@@]3(CO3)[C@@H]2O)O[C@@H]1C. The molecular formula is C26H39NO8. The summed E-state index contributed by atoms with van der Waals surface area (Å²) in [5.41, 5.74) is 0.290. The Kier molecular flexibility index (Phi) is 8.93. The van der Waals surface area contributed by atoms with Crippen LogP contribution >= 0.6 is 0 Å². The first-order valence-corrected chi connectivity index (χ1v) is 12.3. The maximum Gasteiger partial charge on any atom is 0.303 e. The lowest BCUT2D eigenvalue weighted by Gasteiger charge is -2.40. The highest BCUT2D eigenvalue weighted by Crippen LogP contribution is 2.45. The molecule has 9 nitrogen and oxygen atoms in total. The molecule has 3 heterocycles. The molecule has 3 aliphatic rings. The molecule has 0 bridgehead atoms. The number of hydrogen-bond acceptors (Lipinski definition) is 8. The van der Waals surface area contributed by atoms with E-state index in [1.165, 1.54) is 13.0 Å². The van der Waals surface area contributed by atoms with Crippen LogP contribution in [-0.4, -0.2) is 76.6 Å². The summed E-state index contributed by atoms with van der Waals surface area (Å²) in [6.07, 6.45) is 9.21. The molecular weight excluding hydrogens is 454 g/mol. The van der Waals surface area contributed by atoms with Crippen LogP contribution in [0.25, 0.3) is 0 Å². The van der Waals surface area contributed by atoms with Crippen molar-refractivity contribution in [3.63, 3.8) is 0 Å². The highest BCUT2D eigenvalue weighted by Gasteiger charge is 2.61. The van der Waals surface area contributed by atoms with Gasteiger partial charge in [0.25, 0.3) is 0 Å². The second kappa shape index (κ2) is 11.3. The van der Waals surface area contributed by atoms with Crippen molar-refractivity contribution < 1.29 is 38.7 Å². The smallest absolute Gasteiger partial charge is 0.303 e. The molecule has 0 radical (unpaired) electrons. The Morgan fingerprint density at radius 2 is 1.97 bits per heavy atom. The van der Waals surface area contributed by atoms with E-state index >= 15 is 0 Å². The van der Waals surface area contributed by atoms with Gasteiger partial charge in [-0.15, -0.1) is 0 Å². The highest BCUT2D eigenvalue weighted by molar-refractivity contribution is 5.87. The van der Waals surface area contributed by atoms with E-state index in [4.69, 9.17) is 18.9 Å². The molecule has 1 spiro atoms. The third-order valence-electron chi connectivity index (χ3n) is 6.61. The predicted octanol–water partition coefficient (Wildman–Crippen LogP) is 2.07. The number of allylic oxidation sites excluding steroid dienone is 2. The lowest BCUT2D eigenvalue weighted by Crippen LogP contribution is -2.54. The third kappa shape index (κ3) is 7.98. The molecule has 3 aliphatic heterocycles. The van der Waals surface area contributed by atoms with Gasteiger partial charge in [-0.05, 0) is 53.0 Å². The zero-order valence-corrected chi connectivity index (χ0v) is 21.2. The summed E-state index contributed by atoms with van der Waals surface area (Å²) in [6.45, 7) is 8.94. The molecule has 3 rings (SSSR count). The first-order chi connectivity index (χ1) is 16.4. The first kappa shape index (κ1) is 27.5. The van der Waals surface area contributed by atoms with Gasteiger partial charge < -0.3 is 34.5 Å². The van der Waals surface area contributed by atoms with Crippen molar-refractivity contribution in [1.29, 1.82) is 0 Å². The Balaban J connectivity index is 1.44. The number of esters is 1. The summed E-state index contributed by atoms with van der Waals surface area (Å²) in [5, 5.41) is 23.8. The van der Waals surface area contributed by atoms with E-state index in [9.17, 15) is 19.8 Å². The topological polar surface area (TPSA) is 127 Å². The average molecular weight is 494 g/mol. The van der Waals surface area contributed by atoms with Crippen LogP contribution in [0, 0.1) is 0 Å². The van der Waals surface area contributed by atoms with Gasteiger partial charge in [0.1, 0.15) is 23.9 Å². The molecule has 3 N–H and O–H groups in total. The van der Waals surface area contributed by atoms with Crippen LogP contribution < -0.4 is 5.32 Å². The van der Waals surface area contributed by atoms with E-state index in [0.29, 0.717) is 6.61 Å². The highest BCUT2D eigenvalue weighted by atomic mass is 16.7. The van der Waals surface area contributed by atoms with Gasteiger partial charge >= 0.3 is 5.97 Å². The largest absolute Gasteiger partial charge is 0.459 e. The van der Waals surface area contributed by atoms with Crippen molar-refractivity contribution in [2.75, 3.05) is 6.61 Å². The summed E-state index contributed by atoms with van der Waals surface area (Å²) in [7, 11) is 0. The quantitative estimate of drug-likeness (QED) is 0.203. The number of aliphatic hydroxyl groups excluding tert-OH is 1. The number of carbonyl (C=O) groups excluding carboxylic acids is 2. The summed E-state index contributed by atoms with van der Waals surface area (Å²) in [6, 6.07) is -0.0907. The molecule has 3 fully saturated rings. The van der Waals surface area contributed by atoms with Crippen LogP contribution in [0.15, 0.2) is 36.0 Å². The molecule has 8 atom stereocenters. The number of rotatable bonds is 8. The molecule has 196 valence electrons. The van der Waals surface area contributed by atoms with Crippen LogP contribution in [-0.2, 0) is 28.5 Å². The minimum atomic E-state index is -1.34. The van der Waals surface area contributed by atoms with E-state index in [-0.39, 0.29) is 30.6 Å². The minimum absolute atomic E-state index is 0.0430. The molecule has 0 unspecified atom stereocenters. The fourth-order valence-electron chi connectivity index (χ4n) is 4.68. The number of ether oxygens (including phenoxy) is 4. The van der Waals surface area contributed by atoms with Crippen LogP contribution in [0.2, 0.25) is 0 Å². The Hall–Kier alpha value is -2.04. The Morgan fingerprint density at radius 3 is 2.60 bits per heavy atom. The number of amides is 1. The number of epoxide rings is 1. The zero-order valence-electron chi connectivity index (χ0n) is 21.2. The maximum atomic E-state index is 12.2. The first-order valence-electron chi connectivity index (χ1n) is 12.3. The summed E-state index contributed by atoms with van der Waals surface area (Å²) in [5.74, 6) is -1.97. The molecule has 0 aromatic rings. The predicted molar refractivity (Wildman–Crippen MR) is 128 cm³/mol. The lowest BCUT2D eigenvalue weighted by atomic mass is 9.87. The Bertz CT molecular complexity index is 859. The number of hydrogen-bond donors (Lipinski definition) is 3. The van der Waals surface area contributed by atoms with Gasteiger partial charge in [-0.25, -0.2) is 0 Å². The van der Waals surface area contributed by atoms with E-state index in [1.807, 2.05) is 19.9 Å². The molecule has 3 saturated heterocycles. The molecule has 0 saturated carbocycles. The molecule has 1 amide bonds. The van der Waals surface area contributed by atoms with E-state index in [0.717, 1.165) is 24.8 Å². The van der Waals surface area contributed by atoms with Crippen LogP contribution in [0.3, 0.4) is 0 Å². The Labute approximate surface area is 207 Å². The van der Waals surface area contributed by atoms with Crippen molar-refractivity contribution in [2.45, 2.75) is 108 Å². The van der Waals surface area contributed by atoms with Gasteiger partial charge in [-0.1, -0.05) is 23.8 Å². The summed E-state index contributed by atoms with van der Waals surface area (Å²) in [4.78, 5) is 23.1. The normalized spacial score (nSPS) is 38.6. The van der Waals surface area contributed by atoms with Crippen molar-refractivity contribution in [3.8, 4) is 0 Å². The van der Waals surface area contributed by atoms with Gasteiger partial charge in [0.15, 0.2) is 5.79 Å². The molecule has 0 aromatic heterocycles. The van der Waals surface area contributed by atoms with Crippen molar-refractivity contribution >= 4 is 11.9 Å². The van der Waals surface area contributed by atoms with E-state index in [1.54, 1.807) is 26.0 Å². The van der Waals surface area contributed by atoms with Gasteiger partial charge in [0.05, 0.1) is 24.9 Å². The molecule has 0 aromatic carbocycles. The average Bonchev–Trinajstić information content (AvgIpc) is 3.53. The number of carbonyl (C=O) groups is 2. The van der Waals surface area contributed by atoms with E-state index in [2.05, 4.69) is 11.4 Å². The zero-order chi connectivity index (χ0) is 25.8. The monoisotopic (exact) mass is 493 g/mol. The summed E-state index contributed by atoms with van der Waals surface area (Å²) < 4.78 is 22.1. The van der Waals surface area contributed by atoms with Gasteiger partial charge in [-0.2, -0.15) is 0 Å². The van der Waals surface area contributed by atoms with Gasteiger partial charge in [0.2, 0.25) is 5.91 Å². The standard InChI is InChI=1S/C26H39NO8/c1-16(7-12-22-24(30)26(15-32-26)14-25(5,31)35-22)6-9-20-10-11-21(18(3)34-20)27-23(29)13-8-17(2)33-19(4)28/h6-8,12-13,17-18,20-22,24,30-31H,9-11,14-15H2,1-5H3,(H,27,29)/b12-7+,13-8-,16-6+/t17-,18+,20-,21+,22+,24+,25-,26+/m0/s1. The lowest BCUT2D eigenvalue weighted by molar-refractivity contribution is -0.272. The number of aliphatic hydroxyl groups is 2. The van der Waals surface area contributed by atoms with Gasteiger partial charge in [-0.3, -0.25) is 9.59 Å². The van der Waals surface area contributed by atoms with Crippen LogP contribution in [0.4, 0.5) is 0 Å². The number of nitrogens with one attached hydrogen (secondary N) is 1. The fourth-order valence-corrected chi connectivity index (χ4v) is 4.68. The molecule has 0 aliphatic carbocycles. The van der Waals surface area contributed by atoms with Crippen molar-refractivity contribution in [3.05, 3.63) is 36.0 Å². The van der Waals surface area contributed by atoms with Gasteiger partial charge in [0, 0.05) is 19.4 Å². The maximum absolute atomic E-state index is 12.2. The fraction of sp³-hybridized carbons (Fsp3) is 0.692. The van der Waals surface area contributed by atoms with Crippen LogP contribution in [0.1, 0.15) is 60.3 Å². The third-order valence-corrected chi connectivity index (χ3v) is 6.61. The van der Waals surface area contributed by atoms with Crippen molar-refractivity contribution in [1.82, 2.24) is 5.32 Å². The van der Waals surface area contributed by atoms with Crippen molar-refractivity contribution in [2.24, 2.45) is 0 Å². The second-order valence-corrected chi connectivity index (χ2v) is 10.1. The van der Waals surface area contributed by atoms with Crippen LogP contribution in [0.5, 0.6) is 0 Å². The minimum Gasteiger partial charge on any atom is -0.459 e. The second-order valence-electron chi connectivity index (χ2n) is 10.1.